The molecule has 1 amide bonds. The van der Waals surface area contributed by atoms with E-state index in [2.05, 4.69) is 34.2 Å². The summed E-state index contributed by atoms with van der Waals surface area (Å²) in [6.45, 7) is 5.48. The van der Waals surface area contributed by atoms with E-state index in [1.165, 1.54) is 6.07 Å². The molecule has 2 heterocycles. The molecule has 3 aromatic rings. The van der Waals surface area contributed by atoms with E-state index in [-0.39, 0.29) is 18.1 Å². The Morgan fingerprint density at radius 2 is 1.79 bits per heavy atom. The number of fused-ring (bicyclic) bond motifs is 1. The summed E-state index contributed by atoms with van der Waals surface area (Å²) in [5.41, 5.74) is 2.38. The van der Waals surface area contributed by atoms with Crippen molar-refractivity contribution in [3.8, 4) is 0 Å². The topological polar surface area (TPSA) is 48.5 Å². The number of benzene rings is 2. The van der Waals surface area contributed by atoms with Crippen LogP contribution in [0.4, 0.5) is 15.9 Å². The first-order chi connectivity index (χ1) is 13.6. The molecule has 6 heteroatoms. The maximum atomic E-state index is 13.7. The minimum atomic E-state index is -0.418. The normalized spacial score (nSPS) is 15.0. The summed E-state index contributed by atoms with van der Waals surface area (Å²) in [6.07, 6.45) is 0. The number of nitrogens with zero attached hydrogens (tertiary/aromatic N) is 3. The van der Waals surface area contributed by atoms with Gasteiger partial charge in [0, 0.05) is 31.6 Å². The molecule has 5 nitrogen and oxygen atoms in total. The number of amides is 1. The van der Waals surface area contributed by atoms with Gasteiger partial charge in [-0.05, 0) is 36.8 Å². The minimum Gasteiger partial charge on any atom is -0.354 e. The molecule has 4 rings (SSSR count). The first-order valence-electron chi connectivity index (χ1n) is 9.48. The summed E-state index contributed by atoms with van der Waals surface area (Å²) in [7, 11) is 0. The van der Waals surface area contributed by atoms with Crippen molar-refractivity contribution in [1.29, 1.82) is 0 Å². The molecule has 1 aliphatic heterocycles. The van der Waals surface area contributed by atoms with Crippen molar-refractivity contribution < 1.29 is 9.18 Å². The van der Waals surface area contributed by atoms with Gasteiger partial charge in [-0.1, -0.05) is 30.3 Å². The monoisotopic (exact) mass is 378 g/mol. The predicted molar refractivity (Wildman–Crippen MR) is 110 cm³/mol. The van der Waals surface area contributed by atoms with Crippen LogP contribution >= 0.6 is 0 Å². The van der Waals surface area contributed by atoms with Gasteiger partial charge in [0.05, 0.1) is 17.7 Å². The van der Waals surface area contributed by atoms with Gasteiger partial charge in [-0.25, -0.2) is 9.37 Å². The lowest BCUT2D eigenvalue weighted by atomic mass is 10.1. The number of carbonyl (C=O) groups is 1. The molecule has 1 aliphatic rings. The molecule has 1 saturated heterocycles. The Hall–Kier alpha value is -2.99. The van der Waals surface area contributed by atoms with Gasteiger partial charge in [0.2, 0.25) is 5.91 Å². The second-order valence-corrected chi connectivity index (χ2v) is 7.11. The molecule has 0 saturated carbocycles. The third-order valence-electron chi connectivity index (χ3n) is 5.07. The number of anilines is 2. The van der Waals surface area contributed by atoms with E-state index in [4.69, 9.17) is 4.98 Å². The minimum absolute atomic E-state index is 0.196. The highest BCUT2D eigenvalue weighted by molar-refractivity contribution is 5.92. The van der Waals surface area contributed by atoms with Gasteiger partial charge in [0.15, 0.2) is 0 Å². The maximum absolute atomic E-state index is 13.7. The van der Waals surface area contributed by atoms with E-state index in [1.807, 2.05) is 18.2 Å². The lowest BCUT2D eigenvalue weighted by Crippen LogP contribution is -2.49. The molecule has 1 aromatic heterocycles. The van der Waals surface area contributed by atoms with Gasteiger partial charge in [-0.2, -0.15) is 0 Å². The molecule has 0 bridgehead atoms. The maximum Gasteiger partial charge on any atom is 0.238 e. The number of para-hydroxylation sites is 2. The van der Waals surface area contributed by atoms with Crippen LogP contribution in [0.1, 0.15) is 5.56 Å². The SMILES string of the molecule is Cc1cc2ccccc2nc1N1CCN(CC(=O)Nc2ccccc2F)CC1. The van der Waals surface area contributed by atoms with Crippen LogP contribution in [0.5, 0.6) is 0 Å². The van der Waals surface area contributed by atoms with Crippen molar-refractivity contribution in [3.05, 3.63) is 66.0 Å². The molecule has 2 aromatic carbocycles. The first kappa shape index (κ1) is 18.4. The van der Waals surface area contributed by atoms with Crippen molar-refractivity contribution in [1.82, 2.24) is 9.88 Å². The van der Waals surface area contributed by atoms with Gasteiger partial charge in [0.1, 0.15) is 11.6 Å². The number of aryl methyl sites for hydroxylation is 1. The van der Waals surface area contributed by atoms with Crippen LogP contribution in [0, 0.1) is 12.7 Å². The van der Waals surface area contributed by atoms with Crippen molar-refractivity contribution in [3.63, 3.8) is 0 Å². The van der Waals surface area contributed by atoms with Gasteiger partial charge < -0.3 is 10.2 Å². The summed E-state index contributed by atoms with van der Waals surface area (Å²) in [5.74, 6) is 0.395. The number of hydrogen-bond donors (Lipinski definition) is 1. The van der Waals surface area contributed by atoms with Gasteiger partial charge in [-0.3, -0.25) is 9.69 Å². The third kappa shape index (κ3) is 3.97. The number of nitrogens with one attached hydrogen (secondary N) is 1. The smallest absolute Gasteiger partial charge is 0.238 e. The van der Waals surface area contributed by atoms with Crippen LogP contribution in [0.15, 0.2) is 54.6 Å². The predicted octanol–water partition coefficient (Wildman–Crippen LogP) is 3.44. The number of piperazine rings is 1. The van der Waals surface area contributed by atoms with Crippen molar-refractivity contribution in [2.24, 2.45) is 0 Å². The lowest BCUT2D eigenvalue weighted by Gasteiger charge is -2.35. The van der Waals surface area contributed by atoms with Gasteiger partial charge >= 0.3 is 0 Å². The molecular formula is C22H23FN4O. The van der Waals surface area contributed by atoms with E-state index in [1.54, 1.807) is 18.2 Å². The lowest BCUT2D eigenvalue weighted by molar-refractivity contribution is -0.117. The zero-order chi connectivity index (χ0) is 19.5. The highest BCUT2D eigenvalue weighted by atomic mass is 19.1. The molecule has 0 radical (unpaired) electrons. The fourth-order valence-corrected chi connectivity index (χ4v) is 3.60. The summed E-state index contributed by atoms with van der Waals surface area (Å²) in [4.78, 5) is 21.4. The average molecular weight is 378 g/mol. The number of rotatable bonds is 4. The molecule has 1 N–H and O–H groups in total. The third-order valence-corrected chi connectivity index (χ3v) is 5.07. The summed E-state index contributed by atoms with van der Waals surface area (Å²) >= 11 is 0. The van der Waals surface area contributed by atoms with Crippen LogP contribution in [0.25, 0.3) is 10.9 Å². The van der Waals surface area contributed by atoms with E-state index in [0.717, 1.165) is 48.5 Å². The number of halogens is 1. The van der Waals surface area contributed by atoms with Crippen LogP contribution in [0.2, 0.25) is 0 Å². The van der Waals surface area contributed by atoms with Crippen molar-refractivity contribution >= 4 is 28.3 Å². The summed E-state index contributed by atoms with van der Waals surface area (Å²) in [5, 5.41) is 3.79. The van der Waals surface area contributed by atoms with E-state index in [9.17, 15) is 9.18 Å². The molecule has 0 unspecified atom stereocenters. The fraction of sp³-hybridized carbons (Fsp3) is 0.273. The fourth-order valence-electron chi connectivity index (χ4n) is 3.60. The summed E-state index contributed by atoms with van der Waals surface area (Å²) < 4.78 is 13.7. The Kier molecular flexibility index (Phi) is 5.21. The summed E-state index contributed by atoms with van der Waals surface area (Å²) in [6, 6.07) is 16.5. The highest BCUT2D eigenvalue weighted by Crippen LogP contribution is 2.24. The second kappa shape index (κ2) is 7.94. The van der Waals surface area contributed by atoms with Crippen molar-refractivity contribution in [2.75, 3.05) is 42.9 Å². The number of hydrogen-bond acceptors (Lipinski definition) is 4. The largest absolute Gasteiger partial charge is 0.354 e. The van der Waals surface area contributed by atoms with E-state index in [0.29, 0.717) is 0 Å². The van der Waals surface area contributed by atoms with Gasteiger partial charge in [-0.15, -0.1) is 0 Å². The molecule has 0 atom stereocenters. The Balaban J connectivity index is 1.36. The zero-order valence-electron chi connectivity index (χ0n) is 15.9. The van der Waals surface area contributed by atoms with Crippen LogP contribution in [-0.2, 0) is 4.79 Å². The molecule has 0 aliphatic carbocycles. The Labute approximate surface area is 163 Å². The first-order valence-corrected chi connectivity index (χ1v) is 9.48. The Morgan fingerprint density at radius 3 is 2.57 bits per heavy atom. The Morgan fingerprint density at radius 1 is 1.07 bits per heavy atom. The molecule has 0 spiro atoms. The number of carbonyl (C=O) groups excluding carboxylic acids is 1. The number of pyridine rings is 1. The van der Waals surface area contributed by atoms with E-state index < -0.39 is 5.82 Å². The average Bonchev–Trinajstić information content (AvgIpc) is 2.70. The van der Waals surface area contributed by atoms with Crippen LogP contribution < -0.4 is 10.2 Å². The molecule has 1 fully saturated rings. The second-order valence-electron chi connectivity index (χ2n) is 7.11. The van der Waals surface area contributed by atoms with E-state index >= 15 is 0 Å². The van der Waals surface area contributed by atoms with Gasteiger partial charge in [0.25, 0.3) is 0 Å². The quantitative estimate of drug-likeness (QED) is 0.756. The molecular weight excluding hydrogens is 355 g/mol. The molecule has 28 heavy (non-hydrogen) atoms. The standard InChI is InChI=1S/C22H23FN4O/c1-16-14-17-6-2-4-8-19(17)25-22(16)27-12-10-26(11-13-27)15-21(28)24-20-9-5-3-7-18(20)23/h2-9,14H,10-13,15H2,1H3,(H,24,28). The van der Waals surface area contributed by atoms with Crippen LogP contribution in [-0.4, -0.2) is 48.5 Å². The Bertz CT molecular complexity index is 999. The molecule has 144 valence electrons. The zero-order valence-corrected chi connectivity index (χ0v) is 15.9. The van der Waals surface area contributed by atoms with Crippen molar-refractivity contribution in [2.45, 2.75) is 6.92 Å². The van der Waals surface area contributed by atoms with Crippen LogP contribution in [0.3, 0.4) is 0 Å². The highest BCUT2D eigenvalue weighted by Gasteiger charge is 2.21. The number of aromatic nitrogens is 1.